The maximum Gasteiger partial charge on any atom is 0.257 e. The van der Waals surface area contributed by atoms with Gasteiger partial charge in [0.15, 0.2) is 10.9 Å². The Hall–Kier alpha value is -2.71. The molecule has 0 aliphatic rings. The molecule has 0 atom stereocenters. The van der Waals surface area contributed by atoms with E-state index in [1.807, 2.05) is 50.2 Å². The van der Waals surface area contributed by atoms with Gasteiger partial charge in [0, 0.05) is 17.7 Å². The van der Waals surface area contributed by atoms with E-state index in [-0.39, 0.29) is 11.0 Å². The van der Waals surface area contributed by atoms with Crippen LogP contribution in [0.4, 0.5) is 0 Å². The molecule has 144 valence electrons. The van der Waals surface area contributed by atoms with E-state index < -0.39 is 0 Å². The zero-order valence-corrected chi connectivity index (χ0v) is 17.3. The van der Waals surface area contributed by atoms with Crippen LogP contribution in [0.2, 0.25) is 0 Å². The highest BCUT2D eigenvalue weighted by atomic mass is 32.2. The maximum absolute atomic E-state index is 12.5. The Kier molecular flexibility index (Phi) is 6.78. The van der Waals surface area contributed by atoms with Crippen LogP contribution in [0.3, 0.4) is 0 Å². The number of rotatable bonds is 6. The minimum Gasteiger partial charge on any atom is -0.298 e. The molecule has 1 aromatic heterocycles. The molecule has 3 aromatic rings. The van der Waals surface area contributed by atoms with Crippen LogP contribution in [0.15, 0.2) is 59.8 Å². The van der Waals surface area contributed by atoms with Crippen molar-refractivity contribution in [2.24, 2.45) is 0 Å². The monoisotopic (exact) mass is 411 g/mol. The van der Waals surface area contributed by atoms with Crippen LogP contribution >= 0.6 is 24.0 Å². The van der Waals surface area contributed by atoms with E-state index in [0.717, 1.165) is 17.1 Å². The molecular weight excluding hydrogens is 390 g/mol. The van der Waals surface area contributed by atoms with Crippen molar-refractivity contribution in [3.63, 3.8) is 0 Å². The lowest BCUT2D eigenvalue weighted by Gasteiger charge is -2.14. The quantitative estimate of drug-likeness (QED) is 0.476. The Bertz CT molecular complexity index is 972. The second-order valence-corrected chi connectivity index (χ2v) is 7.42. The molecule has 0 saturated carbocycles. The Morgan fingerprint density at radius 3 is 2.54 bits per heavy atom. The molecule has 1 heterocycles. The highest BCUT2D eigenvalue weighted by molar-refractivity contribution is 7.98. The fourth-order valence-corrected chi connectivity index (χ4v) is 3.64. The molecule has 0 radical (unpaired) electrons. The molecule has 28 heavy (non-hydrogen) atoms. The summed E-state index contributed by atoms with van der Waals surface area (Å²) in [4.78, 5) is 12.5. The lowest BCUT2D eigenvalue weighted by molar-refractivity contribution is 0.0977. The number of carbonyl (C=O) groups is 1. The number of thioether (sulfide) groups is 1. The van der Waals surface area contributed by atoms with E-state index >= 15 is 0 Å². The molecule has 0 unspecified atom stereocenters. The van der Waals surface area contributed by atoms with Crippen LogP contribution in [-0.2, 0) is 12.2 Å². The topological polar surface area (TPSA) is 71.8 Å². The van der Waals surface area contributed by atoms with Crippen molar-refractivity contribution in [1.82, 2.24) is 20.2 Å². The molecule has 2 N–H and O–H groups in total. The third-order valence-electron chi connectivity index (χ3n) is 4.06. The summed E-state index contributed by atoms with van der Waals surface area (Å²) in [5, 5.41) is 12.1. The predicted molar refractivity (Wildman–Crippen MR) is 116 cm³/mol. The first-order valence-electron chi connectivity index (χ1n) is 8.87. The molecule has 0 fully saturated rings. The zero-order valence-electron chi connectivity index (χ0n) is 15.7. The average molecular weight is 412 g/mol. The third kappa shape index (κ3) is 4.96. The smallest absolute Gasteiger partial charge is 0.257 e. The summed E-state index contributed by atoms with van der Waals surface area (Å²) >= 11 is 6.89. The van der Waals surface area contributed by atoms with E-state index in [1.54, 1.807) is 22.5 Å². The van der Waals surface area contributed by atoms with Crippen LogP contribution in [0.1, 0.15) is 34.2 Å². The molecule has 0 bridgehead atoms. The van der Waals surface area contributed by atoms with E-state index in [9.17, 15) is 4.79 Å². The molecule has 0 aliphatic carbocycles. The van der Waals surface area contributed by atoms with E-state index in [4.69, 9.17) is 12.2 Å². The summed E-state index contributed by atoms with van der Waals surface area (Å²) in [6.07, 6.45) is 0.681. The Labute approximate surface area is 173 Å². The van der Waals surface area contributed by atoms with Gasteiger partial charge in [-0.2, -0.15) is 0 Å². The SMILES string of the molecule is CCc1nnc(SCc2ccccc2)n1NC(=S)NC(=O)c1ccccc1C. The maximum atomic E-state index is 12.5. The average Bonchev–Trinajstić information content (AvgIpc) is 3.08. The first-order valence-corrected chi connectivity index (χ1v) is 10.3. The van der Waals surface area contributed by atoms with Gasteiger partial charge in [-0.25, -0.2) is 4.68 Å². The summed E-state index contributed by atoms with van der Waals surface area (Å²) in [7, 11) is 0. The molecule has 3 rings (SSSR count). The normalized spacial score (nSPS) is 10.5. The third-order valence-corrected chi connectivity index (χ3v) is 5.25. The van der Waals surface area contributed by atoms with Gasteiger partial charge in [0.2, 0.25) is 5.16 Å². The second kappa shape index (κ2) is 9.48. The molecule has 8 heteroatoms. The van der Waals surface area contributed by atoms with Crippen molar-refractivity contribution in [2.75, 3.05) is 5.43 Å². The fourth-order valence-electron chi connectivity index (χ4n) is 2.58. The first kappa shape index (κ1) is 20.0. The van der Waals surface area contributed by atoms with Crippen LogP contribution in [0.25, 0.3) is 0 Å². The van der Waals surface area contributed by atoms with Crippen LogP contribution in [-0.4, -0.2) is 25.9 Å². The van der Waals surface area contributed by atoms with Crippen molar-refractivity contribution < 1.29 is 4.79 Å². The van der Waals surface area contributed by atoms with Gasteiger partial charge in [-0.3, -0.25) is 15.5 Å². The van der Waals surface area contributed by atoms with Gasteiger partial charge in [0.25, 0.3) is 5.91 Å². The van der Waals surface area contributed by atoms with Crippen molar-refractivity contribution in [1.29, 1.82) is 0 Å². The van der Waals surface area contributed by atoms with Crippen molar-refractivity contribution >= 4 is 35.0 Å². The molecule has 2 aromatic carbocycles. The van der Waals surface area contributed by atoms with Gasteiger partial charge in [0.1, 0.15) is 0 Å². The number of carbonyl (C=O) groups excluding carboxylic acids is 1. The molecule has 0 spiro atoms. The summed E-state index contributed by atoms with van der Waals surface area (Å²) in [6.45, 7) is 3.88. The Morgan fingerprint density at radius 1 is 1.11 bits per heavy atom. The minimum absolute atomic E-state index is 0.198. The number of nitrogens with one attached hydrogen (secondary N) is 2. The van der Waals surface area contributed by atoms with Gasteiger partial charge >= 0.3 is 0 Å². The number of aryl methyl sites for hydroxylation is 2. The Balaban J connectivity index is 1.68. The summed E-state index contributed by atoms with van der Waals surface area (Å²) < 4.78 is 1.73. The van der Waals surface area contributed by atoms with Gasteiger partial charge in [0.05, 0.1) is 0 Å². The van der Waals surface area contributed by atoms with Gasteiger partial charge < -0.3 is 0 Å². The summed E-state index contributed by atoms with van der Waals surface area (Å²) in [5.41, 5.74) is 5.70. The number of thiocarbonyl (C=S) groups is 1. The van der Waals surface area contributed by atoms with Crippen molar-refractivity contribution in [2.45, 2.75) is 31.2 Å². The van der Waals surface area contributed by atoms with E-state index in [2.05, 4.69) is 33.1 Å². The van der Waals surface area contributed by atoms with E-state index in [0.29, 0.717) is 17.1 Å². The summed E-state index contributed by atoms with van der Waals surface area (Å²) in [6, 6.07) is 17.5. The highest BCUT2D eigenvalue weighted by Gasteiger charge is 2.15. The second-order valence-electron chi connectivity index (χ2n) is 6.07. The number of nitrogens with zero attached hydrogens (tertiary/aromatic N) is 3. The van der Waals surface area contributed by atoms with Crippen LogP contribution in [0, 0.1) is 6.92 Å². The zero-order chi connectivity index (χ0) is 19.9. The molecule has 1 amide bonds. The van der Waals surface area contributed by atoms with Gasteiger partial charge in [-0.1, -0.05) is 67.2 Å². The Morgan fingerprint density at radius 2 is 1.82 bits per heavy atom. The van der Waals surface area contributed by atoms with Gasteiger partial charge in [-0.05, 0) is 36.3 Å². The minimum atomic E-state index is -0.250. The summed E-state index contributed by atoms with van der Waals surface area (Å²) in [5.74, 6) is 1.25. The van der Waals surface area contributed by atoms with Crippen LogP contribution in [0.5, 0.6) is 0 Å². The molecule has 0 saturated heterocycles. The molecular formula is C20H21N5OS2. The number of hydrogen-bond donors (Lipinski definition) is 2. The molecule has 0 aliphatic heterocycles. The number of hydrogen-bond acceptors (Lipinski definition) is 5. The van der Waals surface area contributed by atoms with E-state index in [1.165, 1.54) is 5.56 Å². The van der Waals surface area contributed by atoms with Crippen molar-refractivity contribution in [3.8, 4) is 0 Å². The molecule has 6 nitrogen and oxygen atoms in total. The lowest BCUT2D eigenvalue weighted by Crippen LogP contribution is -2.39. The number of amides is 1. The highest BCUT2D eigenvalue weighted by Crippen LogP contribution is 2.21. The van der Waals surface area contributed by atoms with Crippen molar-refractivity contribution in [3.05, 3.63) is 77.1 Å². The first-order chi connectivity index (χ1) is 13.6. The largest absolute Gasteiger partial charge is 0.298 e. The standard InChI is InChI=1S/C20H21N5OS2/c1-3-17-22-23-20(28-13-15-10-5-4-6-11-15)25(17)24-19(27)21-18(26)16-12-8-7-9-14(16)2/h4-12H,3,13H2,1-2H3,(H2,21,24,26,27). The van der Waals surface area contributed by atoms with Crippen LogP contribution < -0.4 is 10.7 Å². The van der Waals surface area contributed by atoms with Gasteiger partial charge in [-0.15, -0.1) is 10.2 Å². The lowest BCUT2D eigenvalue weighted by atomic mass is 10.1. The predicted octanol–water partition coefficient (Wildman–Crippen LogP) is 3.70. The number of aromatic nitrogens is 3. The fraction of sp³-hybridized carbons (Fsp3) is 0.200. The number of benzene rings is 2.